The fourth-order valence-corrected chi connectivity index (χ4v) is 3.41. The Morgan fingerprint density at radius 1 is 1.39 bits per heavy atom. The van der Waals surface area contributed by atoms with Crippen LogP contribution in [0.3, 0.4) is 0 Å². The van der Waals surface area contributed by atoms with Crippen LogP contribution in [0, 0.1) is 11.7 Å². The number of hydrogen-bond donors (Lipinski definition) is 1. The Hall–Kier alpha value is -1.21. The number of nitrogens with two attached hydrogens (primary N) is 1. The first-order valence-electron chi connectivity index (χ1n) is 6.89. The van der Waals surface area contributed by atoms with Crippen molar-refractivity contribution < 1.29 is 9.18 Å². The van der Waals surface area contributed by atoms with Gasteiger partial charge in [-0.2, -0.15) is 0 Å². The van der Waals surface area contributed by atoms with Crippen LogP contribution in [0.25, 0.3) is 10.6 Å². The molecule has 126 valence electrons. The number of carbonyl (C=O) groups excluding carboxylic acids is 1. The zero-order valence-electron chi connectivity index (χ0n) is 12.3. The lowest BCUT2D eigenvalue weighted by Crippen LogP contribution is -2.29. The van der Waals surface area contributed by atoms with Gasteiger partial charge in [0.1, 0.15) is 15.7 Å². The van der Waals surface area contributed by atoms with E-state index in [0.717, 1.165) is 13.0 Å². The summed E-state index contributed by atoms with van der Waals surface area (Å²) < 4.78 is 13.7. The summed E-state index contributed by atoms with van der Waals surface area (Å²) in [7, 11) is 0. The van der Waals surface area contributed by atoms with Crippen molar-refractivity contribution in [2.45, 2.75) is 6.42 Å². The van der Waals surface area contributed by atoms with E-state index in [1.807, 2.05) is 0 Å². The summed E-state index contributed by atoms with van der Waals surface area (Å²) in [4.78, 5) is 18.9. The van der Waals surface area contributed by atoms with Crippen LogP contribution in [-0.2, 0) is 0 Å². The van der Waals surface area contributed by atoms with Crippen molar-refractivity contribution in [1.82, 2.24) is 9.88 Å². The first-order chi connectivity index (χ1) is 10.2. The van der Waals surface area contributed by atoms with E-state index < -0.39 is 0 Å². The smallest absolute Gasteiger partial charge is 0.265 e. The summed E-state index contributed by atoms with van der Waals surface area (Å²) in [5.41, 5.74) is 6.08. The average Bonchev–Trinajstić information content (AvgIpc) is 3.16. The standard InChI is InChI=1S/C15H16FN3OS.2ClH/c16-12-4-2-1-3-11(12)14-18-8-13(21-14)15(20)19-6-5-10(7-17)9-19;;/h1-4,8,10H,5-7,9,17H2;2*1H. The van der Waals surface area contributed by atoms with Crippen LogP contribution in [0.2, 0.25) is 0 Å². The first kappa shape index (κ1) is 19.8. The van der Waals surface area contributed by atoms with Crippen LogP contribution in [0.4, 0.5) is 4.39 Å². The molecule has 1 unspecified atom stereocenters. The van der Waals surface area contributed by atoms with Crippen LogP contribution in [0.5, 0.6) is 0 Å². The molecule has 1 amide bonds. The molecule has 0 saturated carbocycles. The minimum atomic E-state index is -0.324. The molecule has 2 heterocycles. The normalized spacial score (nSPS) is 16.6. The molecule has 1 atom stereocenters. The van der Waals surface area contributed by atoms with E-state index in [9.17, 15) is 9.18 Å². The van der Waals surface area contributed by atoms with E-state index in [0.29, 0.717) is 34.5 Å². The Morgan fingerprint density at radius 3 is 2.78 bits per heavy atom. The summed E-state index contributed by atoms with van der Waals surface area (Å²) >= 11 is 1.23. The number of thiazole rings is 1. The molecule has 1 aromatic heterocycles. The summed E-state index contributed by atoms with van der Waals surface area (Å²) in [5, 5.41) is 0.533. The molecule has 0 spiro atoms. The van der Waals surface area contributed by atoms with Crippen molar-refractivity contribution in [1.29, 1.82) is 0 Å². The molecule has 0 radical (unpaired) electrons. The Kier molecular flexibility index (Phi) is 7.41. The van der Waals surface area contributed by atoms with Crippen LogP contribution in [-0.4, -0.2) is 35.4 Å². The van der Waals surface area contributed by atoms with Crippen LogP contribution < -0.4 is 5.73 Å². The van der Waals surface area contributed by atoms with Crippen molar-refractivity contribution in [2.24, 2.45) is 11.7 Å². The van der Waals surface area contributed by atoms with Crippen LogP contribution in [0.15, 0.2) is 30.5 Å². The van der Waals surface area contributed by atoms with Crippen molar-refractivity contribution in [2.75, 3.05) is 19.6 Å². The highest BCUT2D eigenvalue weighted by Crippen LogP contribution is 2.29. The van der Waals surface area contributed by atoms with Gasteiger partial charge >= 0.3 is 0 Å². The SMILES string of the molecule is Cl.Cl.NCC1CCN(C(=O)c2cnc(-c3ccccc3F)s2)C1. The second-order valence-electron chi connectivity index (χ2n) is 5.15. The maximum Gasteiger partial charge on any atom is 0.265 e. The predicted molar refractivity (Wildman–Crippen MR) is 95.1 cm³/mol. The number of benzene rings is 1. The Morgan fingerprint density at radius 2 is 2.13 bits per heavy atom. The van der Waals surface area contributed by atoms with Crippen LogP contribution in [0.1, 0.15) is 16.1 Å². The van der Waals surface area contributed by atoms with Crippen molar-refractivity contribution in [3.63, 3.8) is 0 Å². The Balaban J connectivity index is 0.00000132. The maximum atomic E-state index is 13.7. The third kappa shape index (κ3) is 4.20. The van der Waals surface area contributed by atoms with Crippen molar-refractivity contribution in [3.8, 4) is 10.6 Å². The molecule has 1 aliphatic heterocycles. The molecule has 0 aliphatic carbocycles. The number of carbonyl (C=O) groups is 1. The van der Waals surface area contributed by atoms with Crippen molar-refractivity contribution >= 4 is 42.1 Å². The number of rotatable bonds is 3. The number of aromatic nitrogens is 1. The molecule has 3 rings (SSSR count). The van der Waals surface area contributed by atoms with Gasteiger partial charge in [0.25, 0.3) is 5.91 Å². The molecule has 1 aliphatic rings. The lowest BCUT2D eigenvalue weighted by molar-refractivity contribution is 0.0792. The van der Waals surface area contributed by atoms with E-state index in [2.05, 4.69) is 4.98 Å². The molecule has 1 aromatic carbocycles. The van der Waals surface area contributed by atoms with Gasteiger partial charge in [-0.1, -0.05) is 12.1 Å². The lowest BCUT2D eigenvalue weighted by Gasteiger charge is -2.14. The molecule has 1 saturated heterocycles. The second-order valence-corrected chi connectivity index (χ2v) is 6.18. The summed E-state index contributed by atoms with van der Waals surface area (Å²) in [6, 6.07) is 6.45. The van der Waals surface area contributed by atoms with E-state index in [-0.39, 0.29) is 36.5 Å². The molecule has 2 N–H and O–H groups in total. The maximum absolute atomic E-state index is 13.7. The quantitative estimate of drug-likeness (QED) is 0.892. The monoisotopic (exact) mass is 377 g/mol. The van der Waals surface area contributed by atoms with E-state index >= 15 is 0 Å². The fraction of sp³-hybridized carbons (Fsp3) is 0.333. The van der Waals surface area contributed by atoms with Gasteiger partial charge in [-0.3, -0.25) is 4.79 Å². The number of hydrogen-bond acceptors (Lipinski definition) is 4. The number of halogens is 3. The Labute approximate surface area is 150 Å². The van der Waals surface area contributed by atoms with E-state index in [1.165, 1.54) is 23.6 Å². The van der Waals surface area contributed by atoms with Crippen LogP contribution >= 0.6 is 36.2 Å². The molecular weight excluding hydrogens is 360 g/mol. The van der Waals surface area contributed by atoms with E-state index in [4.69, 9.17) is 5.73 Å². The van der Waals surface area contributed by atoms with Gasteiger partial charge in [0.05, 0.1) is 6.20 Å². The summed E-state index contributed by atoms with van der Waals surface area (Å²) in [6.45, 7) is 2.03. The zero-order valence-corrected chi connectivity index (χ0v) is 14.7. The molecular formula is C15H18Cl2FN3OS. The fourth-order valence-electron chi connectivity index (χ4n) is 2.50. The third-order valence-corrected chi connectivity index (χ3v) is 4.75. The molecule has 4 nitrogen and oxygen atoms in total. The topological polar surface area (TPSA) is 59.2 Å². The number of amides is 1. The van der Waals surface area contributed by atoms with Crippen molar-refractivity contribution in [3.05, 3.63) is 41.2 Å². The zero-order chi connectivity index (χ0) is 14.8. The van der Waals surface area contributed by atoms with Gasteiger partial charge in [0.2, 0.25) is 0 Å². The third-order valence-electron chi connectivity index (χ3n) is 3.73. The van der Waals surface area contributed by atoms with E-state index in [1.54, 1.807) is 23.1 Å². The first-order valence-corrected chi connectivity index (χ1v) is 7.70. The largest absolute Gasteiger partial charge is 0.338 e. The predicted octanol–water partition coefficient (Wildman–Crippen LogP) is 3.21. The minimum Gasteiger partial charge on any atom is -0.338 e. The highest BCUT2D eigenvalue weighted by atomic mass is 35.5. The van der Waals surface area contributed by atoms with Gasteiger partial charge < -0.3 is 10.6 Å². The van der Waals surface area contributed by atoms with Gasteiger partial charge in [-0.25, -0.2) is 9.37 Å². The highest BCUT2D eigenvalue weighted by molar-refractivity contribution is 7.16. The van der Waals surface area contributed by atoms with Gasteiger partial charge in [0, 0.05) is 18.7 Å². The Bertz CT molecular complexity index is 668. The summed E-state index contributed by atoms with van der Waals surface area (Å²) in [5.74, 6) is 0.0224. The molecule has 23 heavy (non-hydrogen) atoms. The van der Waals surface area contributed by atoms with Gasteiger partial charge in [-0.05, 0) is 31.0 Å². The number of nitrogens with zero attached hydrogens (tertiary/aromatic N) is 2. The van der Waals surface area contributed by atoms with Gasteiger partial charge in [0.15, 0.2) is 0 Å². The average molecular weight is 378 g/mol. The highest BCUT2D eigenvalue weighted by Gasteiger charge is 2.27. The molecule has 2 aromatic rings. The minimum absolute atomic E-state index is 0. The molecule has 0 bridgehead atoms. The summed E-state index contributed by atoms with van der Waals surface area (Å²) in [6.07, 6.45) is 2.48. The molecule has 8 heteroatoms. The lowest BCUT2D eigenvalue weighted by atomic mass is 10.1. The second kappa shape index (κ2) is 8.59. The molecule has 1 fully saturated rings. The van der Waals surface area contributed by atoms with Gasteiger partial charge in [-0.15, -0.1) is 36.2 Å². The number of likely N-dealkylation sites (tertiary alicyclic amines) is 1.